The molecule has 2 aliphatic rings. The van der Waals surface area contributed by atoms with Crippen LogP contribution >= 0.6 is 11.6 Å². The van der Waals surface area contributed by atoms with Crippen LogP contribution in [-0.4, -0.2) is 29.8 Å². The molecule has 0 radical (unpaired) electrons. The van der Waals surface area contributed by atoms with Gasteiger partial charge in [-0.3, -0.25) is 5.10 Å². The first-order valence-corrected chi connectivity index (χ1v) is 10.7. The van der Waals surface area contributed by atoms with Crippen LogP contribution in [0.3, 0.4) is 0 Å². The summed E-state index contributed by atoms with van der Waals surface area (Å²) in [7, 11) is -3.54. The van der Waals surface area contributed by atoms with E-state index >= 15 is 0 Å². The number of hydrogen-bond donors (Lipinski definition) is 3. The van der Waals surface area contributed by atoms with Crippen molar-refractivity contribution in [3.8, 4) is 0 Å². The van der Waals surface area contributed by atoms with E-state index in [0.29, 0.717) is 17.9 Å². The van der Waals surface area contributed by atoms with Gasteiger partial charge in [0.2, 0.25) is 10.0 Å². The summed E-state index contributed by atoms with van der Waals surface area (Å²) >= 11 is 6.20. The van der Waals surface area contributed by atoms with E-state index in [1.54, 1.807) is 48.7 Å². The van der Waals surface area contributed by atoms with Gasteiger partial charge in [-0.05, 0) is 54.5 Å². The van der Waals surface area contributed by atoms with Crippen LogP contribution in [0.5, 0.6) is 0 Å². The number of nitrogens with one attached hydrogen (secondary N) is 2. The average molecular weight is 404 g/mol. The number of aromatic amines is 1. The zero-order chi connectivity index (χ0) is 18.8. The summed E-state index contributed by atoms with van der Waals surface area (Å²) in [5.74, 6) is 0.240. The molecular formula is C19H18ClN3O3S. The van der Waals surface area contributed by atoms with Crippen LogP contribution in [0.1, 0.15) is 18.4 Å². The predicted octanol–water partition coefficient (Wildman–Crippen LogP) is 2.79. The fraction of sp³-hybridized carbons (Fsp3) is 0.316. The van der Waals surface area contributed by atoms with Gasteiger partial charge in [-0.15, -0.1) is 0 Å². The molecule has 8 heteroatoms. The first-order chi connectivity index (χ1) is 12.9. The van der Waals surface area contributed by atoms with Crippen molar-refractivity contribution in [2.24, 2.45) is 11.8 Å². The second kappa shape index (κ2) is 5.78. The van der Waals surface area contributed by atoms with Gasteiger partial charge in [-0.25, -0.2) is 13.1 Å². The van der Waals surface area contributed by atoms with E-state index in [9.17, 15) is 13.5 Å². The third-order valence-corrected chi connectivity index (χ3v) is 7.54. The van der Waals surface area contributed by atoms with Crippen molar-refractivity contribution >= 4 is 32.5 Å². The van der Waals surface area contributed by atoms with Crippen LogP contribution in [0.25, 0.3) is 10.9 Å². The third-order valence-electron chi connectivity index (χ3n) is 5.85. The molecule has 2 aliphatic carbocycles. The van der Waals surface area contributed by atoms with Crippen LogP contribution in [0.15, 0.2) is 53.6 Å². The Kier molecular flexibility index (Phi) is 3.68. The largest absolute Gasteiger partial charge is 0.385 e. The van der Waals surface area contributed by atoms with E-state index < -0.39 is 15.6 Å². The van der Waals surface area contributed by atoms with Gasteiger partial charge in [-0.2, -0.15) is 5.10 Å². The number of halogens is 1. The summed E-state index contributed by atoms with van der Waals surface area (Å²) in [6, 6.07) is 11.8. The highest BCUT2D eigenvalue weighted by molar-refractivity contribution is 7.89. The minimum Gasteiger partial charge on any atom is -0.385 e. The highest BCUT2D eigenvalue weighted by Crippen LogP contribution is 2.60. The van der Waals surface area contributed by atoms with E-state index in [-0.39, 0.29) is 22.8 Å². The highest BCUT2D eigenvalue weighted by atomic mass is 35.5. The number of aromatic nitrogens is 2. The maximum absolute atomic E-state index is 12.5. The molecule has 27 heavy (non-hydrogen) atoms. The number of nitrogens with zero attached hydrogens (tertiary/aromatic N) is 1. The summed E-state index contributed by atoms with van der Waals surface area (Å²) in [4.78, 5) is 0.264. The predicted molar refractivity (Wildman–Crippen MR) is 102 cm³/mol. The van der Waals surface area contributed by atoms with Gasteiger partial charge < -0.3 is 5.11 Å². The molecule has 0 aliphatic heterocycles. The van der Waals surface area contributed by atoms with Crippen molar-refractivity contribution in [2.45, 2.75) is 29.4 Å². The van der Waals surface area contributed by atoms with Gasteiger partial charge in [0, 0.05) is 16.5 Å². The van der Waals surface area contributed by atoms with Crippen molar-refractivity contribution in [1.29, 1.82) is 0 Å². The molecule has 3 N–H and O–H groups in total. The Morgan fingerprint density at radius 1 is 1.19 bits per heavy atom. The molecule has 1 aromatic heterocycles. The number of H-pyrrole nitrogens is 1. The van der Waals surface area contributed by atoms with Crippen molar-refractivity contribution in [3.05, 3.63) is 59.2 Å². The molecule has 2 saturated carbocycles. The lowest BCUT2D eigenvalue weighted by atomic mass is 9.86. The highest BCUT2D eigenvalue weighted by Gasteiger charge is 2.62. The molecule has 0 bridgehead atoms. The minimum absolute atomic E-state index is 0.120. The molecule has 1 heterocycles. The fourth-order valence-electron chi connectivity index (χ4n) is 4.51. The van der Waals surface area contributed by atoms with Gasteiger partial charge in [0.05, 0.1) is 22.2 Å². The van der Waals surface area contributed by atoms with Crippen LogP contribution in [0, 0.1) is 11.8 Å². The Morgan fingerprint density at radius 3 is 2.59 bits per heavy atom. The van der Waals surface area contributed by atoms with Crippen molar-refractivity contribution in [2.75, 3.05) is 0 Å². The normalized spacial score (nSPS) is 29.8. The Labute approximate surface area is 161 Å². The fourth-order valence-corrected chi connectivity index (χ4v) is 6.09. The summed E-state index contributed by atoms with van der Waals surface area (Å²) in [5, 5.41) is 19.6. The van der Waals surface area contributed by atoms with Gasteiger partial charge in [0.15, 0.2) is 0 Å². The zero-order valence-electron chi connectivity index (χ0n) is 14.3. The van der Waals surface area contributed by atoms with Crippen LogP contribution in [0.4, 0.5) is 0 Å². The van der Waals surface area contributed by atoms with Crippen molar-refractivity contribution in [3.63, 3.8) is 0 Å². The molecule has 0 saturated heterocycles. The molecule has 2 atom stereocenters. The van der Waals surface area contributed by atoms with E-state index in [4.69, 9.17) is 11.6 Å². The number of sulfonamides is 1. The lowest BCUT2D eigenvalue weighted by molar-refractivity contribution is 0.0303. The van der Waals surface area contributed by atoms with Gasteiger partial charge in [0.25, 0.3) is 0 Å². The Morgan fingerprint density at radius 2 is 1.89 bits per heavy atom. The van der Waals surface area contributed by atoms with Gasteiger partial charge in [-0.1, -0.05) is 29.8 Å². The molecule has 6 nitrogen and oxygen atoms in total. The lowest BCUT2D eigenvalue weighted by Gasteiger charge is -2.27. The second-order valence-electron chi connectivity index (χ2n) is 7.51. The van der Waals surface area contributed by atoms with Gasteiger partial charge >= 0.3 is 0 Å². The van der Waals surface area contributed by atoms with E-state index in [1.807, 2.05) is 0 Å². The first-order valence-electron chi connectivity index (χ1n) is 8.80. The number of aliphatic hydroxyl groups is 1. The smallest absolute Gasteiger partial charge is 0.240 e. The molecule has 2 aromatic carbocycles. The lowest BCUT2D eigenvalue weighted by Crippen LogP contribution is -2.33. The molecular weight excluding hydrogens is 386 g/mol. The minimum atomic E-state index is -3.54. The maximum Gasteiger partial charge on any atom is 0.240 e. The van der Waals surface area contributed by atoms with Crippen LogP contribution in [-0.2, 0) is 15.6 Å². The Bertz CT molecular complexity index is 1120. The first kappa shape index (κ1) is 17.2. The van der Waals surface area contributed by atoms with E-state index in [1.165, 1.54) is 0 Å². The van der Waals surface area contributed by atoms with Crippen LogP contribution < -0.4 is 4.72 Å². The summed E-state index contributed by atoms with van der Waals surface area (Å²) in [6.45, 7) is 0. The Hall–Kier alpha value is -1.93. The molecule has 2 unspecified atom stereocenters. The quantitative estimate of drug-likeness (QED) is 0.624. The third kappa shape index (κ3) is 2.77. The van der Waals surface area contributed by atoms with Crippen molar-refractivity contribution in [1.82, 2.24) is 14.9 Å². The average Bonchev–Trinajstić information content (AvgIpc) is 3.02. The topological polar surface area (TPSA) is 95.1 Å². The SMILES string of the molecule is O=S(=O)(NC1C2CC(O)(c3cc(Cl)cc4[nH]ncc34)CC21)c1ccccc1. The summed E-state index contributed by atoms with van der Waals surface area (Å²) < 4.78 is 27.9. The van der Waals surface area contributed by atoms with E-state index in [2.05, 4.69) is 14.9 Å². The molecule has 140 valence electrons. The number of hydrogen-bond acceptors (Lipinski definition) is 4. The molecule has 0 amide bonds. The molecule has 2 fully saturated rings. The molecule has 3 aromatic rings. The summed E-state index contributed by atoms with van der Waals surface area (Å²) in [5.41, 5.74) is 0.528. The zero-order valence-corrected chi connectivity index (χ0v) is 15.8. The maximum atomic E-state index is 12.5. The summed E-state index contributed by atoms with van der Waals surface area (Å²) in [6.07, 6.45) is 2.69. The van der Waals surface area contributed by atoms with E-state index in [0.717, 1.165) is 16.5 Å². The second-order valence-corrected chi connectivity index (χ2v) is 9.66. The molecule has 5 rings (SSSR count). The number of benzene rings is 2. The van der Waals surface area contributed by atoms with Crippen molar-refractivity contribution < 1.29 is 13.5 Å². The standard InChI is InChI=1S/C19H18ClN3O3S/c20-11-6-16(15-10-21-22-17(15)7-11)19(24)8-13-14(9-19)18(13)23-27(25,26)12-4-2-1-3-5-12/h1-7,10,13-14,18,23-24H,8-9H2,(H,21,22). The van der Waals surface area contributed by atoms with Crippen LogP contribution in [0.2, 0.25) is 5.02 Å². The molecule has 0 spiro atoms. The monoisotopic (exact) mass is 403 g/mol. The number of fused-ring (bicyclic) bond motifs is 2. The number of rotatable bonds is 4. The Balaban J connectivity index is 1.37. The van der Waals surface area contributed by atoms with Gasteiger partial charge in [0.1, 0.15) is 0 Å².